The summed E-state index contributed by atoms with van der Waals surface area (Å²) in [4.78, 5) is 12.0. The fraction of sp³-hybridized carbons (Fsp3) is 0. The van der Waals surface area contributed by atoms with Crippen LogP contribution in [0.4, 0.5) is 0 Å². The lowest BCUT2D eigenvalue weighted by Crippen LogP contribution is -2.07. The van der Waals surface area contributed by atoms with E-state index in [9.17, 15) is 4.79 Å². The highest BCUT2D eigenvalue weighted by atomic mass is 35.5. The molecule has 90 valence electrons. The Morgan fingerprint density at radius 3 is 2.22 bits per heavy atom. The van der Waals surface area contributed by atoms with Gasteiger partial charge in [-0.1, -0.05) is 46.4 Å². The smallest absolute Gasteiger partial charge is 0.206 e. The first kappa shape index (κ1) is 12.3. The summed E-state index contributed by atoms with van der Waals surface area (Å²) in [5.41, 5.74) is 2.95. The van der Waals surface area contributed by atoms with Crippen molar-refractivity contribution < 1.29 is 4.79 Å². The summed E-state index contributed by atoms with van der Waals surface area (Å²) in [6.07, 6.45) is 3.42. The number of fused-ring (bicyclic) bond motifs is 3. The maximum absolute atomic E-state index is 12.0. The second-order valence-electron chi connectivity index (χ2n) is 3.96. The van der Waals surface area contributed by atoms with Crippen molar-refractivity contribution >= 4 is 63.8 Å². The van der Waals surface area contributed by atoms with Gasteiger partial charge in [0, 0.05) is 5.57 Å². The van der Waals surface area contributed by atoms with E-state index in [4.69, 9.17) is 46.4 Å². The first-order valence-corrected chi connectivity index (χ1v) is 6.53. The van der Waals surface area contributed by atoms with Gasteiger partial charge in [0.1, 0.15) is 5.03 Å². The van der Waals surface area contributed by atoms with E-state index in [1.807, 2.05) is 0 Å². The van der Waals surface area contributed by atoms with Crippen molar-refractivity contribution in [3.05, 3.63) is 55.0 Å². The molecule has 0 spiro atoms. The Labute approximate surface area is 123 Å². The molecule has 1 aromatic carbocycles. The van der Waals surface area contributed by atoms with Crippen LogP contribution in [0.2, 0.25) is 10.0 Å². The minimum absolute atomic E-state index is 0.0386. The standard InChI is InChI=1S/C13H4Cl4O/c14-9-2-5-1-8-7(6(5)3-10(9)15)4-11(16)12(17)13(8)18/h1-4H. The number of Topliss-reactive ketones (excluding diaryl/α,β-unsaturated/α-hetero) is 1. The molecule has 1 nitrogen and oxygen atoms in total. The van der Waals surface area contributed by atoms with Crippen LogP contribution < -0.4 is 0 Å². The molecule has 0 saturated carbocycles. The van der Waals surface area contributed by atoms with Gasteiger partial charge in [0.2, 0.25) is 5.78 Å². The molecule has 0 atom stereocenters. The fourth-order valence-electron chi connectivity index (χ4n) is 2.05. The number of carbonyl (C=O) groups excluding carboxylic acids is 1. The number of allylic oxidation sites excluding steroid dienone is 5. The van der Waals surface area contributed by atoms with E-state index in [0.29, 0.717) is 15.6 Å². The third kappa shape index (κ3) is 1.66. The van der Waals surface area contributed by atoms with E-state index < -0.39 is 0 Å². The van der Waals surface area contributed by atoms with Crippen molar-refractivity contribution in [3.8, 4) is 0 Å². The lowest BCUT2D eigenvalue weighted by atomic mass is 9.96. The highest BCUT2D eigenvalue weighted by Crippen LogP contribution is 2.44. The van der Waals surface area contributed by atoms with E-state index in [2.05, 4.69) is 0 Å². The summed E-state index contributed by atoms with van der Waals surface area (Å²) >= 11 is 23.7. The quantitative estimate of drug-likeness (QED) is 0.654. The highest BCUT2D eigenvalue weighted by molar-refractivity contribution is 6.54. The second-order valence-corrected chi connectivity index (χ2v) is 5.56. The second kappa shape index (κ2) is 4.14. The van der Waals surface area contributed by atoms with Crippen molar-refractivity contribution in [2.24, 2.45) is 0 Å². The molecule has 1 aromatic rings. The number of hydrogen-bond donors (Lipinski definition) is 0. The number of ketones is 1. The first-order valence-electron chi connectivity index (χ1n) is 5.02. The molecular weight excluding hydrogens is 314 g/mol. The van der Waals surface area contributed by atoms with Gasteiger partial charge in [-0.3, -0.25) is 4.79 Å². The summed E-state index contributed by atoms with van der Waals surface area (Å²) < 4.78 is 0. The van der Waals surface area contributed by atoms with E-state index in [0.717, 1.165) is 16.7 Å². The van der Waals surface area contributed by atoms with Gasteiger partial charge >= 0.3 is 0 Å². The number of hydrogen-bond acceptors (Lipinski definition) is 1. The number of halogens is 4. The molecule has 0 amide bonds. The van der Waals surface area contributed by atoms with Gasteiger partial charge < -0.3 is 0 Å². The van der Waals surface area contributed by atoms with Gasteiger partial charge in [-0.25, -0.2) is 0 Å². The summed E-state index contributed by atoms with van der Waals surface area (Å²) in [5.74, 6) is -0.275. The molecule has 2 aliphatic carbocycles. The van der Waals surface area contributed by atoms with Crippen LogP contribution in [-0.4, -0.2) is 5.78 Å². The Morgan fingerprint density at radius 1 is 0.833 bits per heavy atom. The Balaban J connectivity index is 2.27. The number of carbonyl (C=O) groups is 1. The first-order chi connectivity index (χ1) is 8.49. The largest absolute Gasteiger partial charge is 0.288 e. The van der Waals surface area contributed by atoms with Crippen molar-refractivity contribution in [1.82, 2.24) is 0 Å². The van der Waals surface area contributed by atoms with Gasteiger partial charge in [0.25, 0.3) is 0 Å². The highest BCUT2D eigenvalue weighted by Gasteiger charge is 2.30. The van der Waals surface area contributed by atoms with E-state index >= 15 is 0 Å². The average Bonchev–Trinajstić information content (AvgIpc) is 2.66. The maximum Gasteiger partial charge on any atom is 0.206 e. The van der Waals surface area contributed by atoms with Crippen LogP contribution in [0.1, 0.15) is 11.1 Å². The van der Waals surface area contributed by atoms with Gasteiger partial charge in [-0.05, 0) is 41.0 Å². The third-order valence-corrected chi connectivity index (χ3v) is 4.39. The SMILES string of the molecule is O=C1C2=Cc3cc(Cl)c(Cl)cc3C2=CC(Cl)=C1Cl. The molecule has 0 heterocycles. The summed E-state index contributed by atoms with van der Waals surface area (Å²) in [6.45, 7) is 0. The zero-order chi connectivity index (χ0) is 13.0. The van der Waals surface area contributed by atoms with Gasteiger partial charge in [-0.15, -0.1) is 0 Å². The van der Waals surface area contributed by atoms with E-state index in [1.54, 1.807) is 24.3 Å². The van der Waals surface area contributed by atoms with Crippen molar-refractivity contribution in [1.29, 1.82) is 0 Å². The molecule has 0 fully saturated rings. The summed E-state index contributed by atoms with van der Waals surface area (Å²) in [7, 11) is 0. The van der Waals surface area contributed by atoms with Gasteiger partial charge in [0.15, 0.2) is 0 Å². The molecular formula is C13H4Cl4O. The minimum atomic E-state index is -0.275. The molecule has 0 bridgehead atoms. The lowest BCUT2D eigenvalue weighted by Gasteiger charge is -2.12. The fourth-order valence-corrected chi connectivity index (χ4v) is 2.74. The molecule has 3 rings (SSSR count). The summed E-state index contributed by atoms with van der Waals surface area (Å²) in [5, 5.41) is 1.17. The molecule has 18 heavy (non-hydrogen) atoms. The van der Waals surface area contributed by atoms with Crippen molar-refractivity contribution in [2.75, 3.05) is 0 Å². The zero-order valence-corrected chi connectivity index (χ0v) is 11.8. The van der Waals surface area contributed by atoms with Crippen LogP contribution in [0.15, 0.2) is 33.8 Å². The van der Waals surface area contributed by atoms with Crippen molar-refractivity contribution in [2.45, 2.75) is 0 Å². The molecule has 0 aliphatic heterocycles. The topological polar surface area (TPSA) is 17.1 Å². The third-order valence-electron chi connectivity index (χ3n) is 2.90. The maximum atomic E-state index is 12.0. The van der Waals surface area contributed by atoms with Gasteiger partial charge in [-0.2, -0.15) is 0 Å². The predicted octanol–water partition coefficient (Wildman–Crippen LogP) is 5.05. The number of benzene rings is 1. The zero-order valence-electron chi connectivity index (χ0n) is 8.73. The average molecular weight is 318 g/mol. The van der Waals surface area contributed by atoms with Crippen molar-refractivity contribution in [3.63, 3.8) is 0 Å². The Morgan fingerprint density at radius 2 is 1.50 bits per heavy atom. The van der Waals surface area contributed by atoms with Crippen LogP contribution >= 0.6 is 46.4 Å². The molecule has 0 unspecified atom stereocenters. The van der Waals surface area contributed by atoms with Crippen LogP contribution in [0.3, 0.4) is 0 Å². The lowest BCUT2D eigenvalue weighted by molar-refractivity contribution is -0.111. The van der Waals surface area contributed by atoms with E-state index in [1.165, 1.54) is 0 Å². The van der Waals surface area contributed by atoms with Crippen LogP contribution in [0, 0.1) is 0 Å². The molecule has 0 N–H and O–H groups in total. The molecule has 2 aliphatic rings. The van der Waals surface area contributed by atoms with Crippen LogP contribution in [0.25, 0.3) is 11.6 Å². The monoisotopic (exact) mass is 316 g/mol. The van der Waals surface area contributed by atoms with Crippen LogP contribution in [0.5, 0.6) is 0 Å². The molecule has 5 heteroatoms. The Kier molecular flexibility index (Phi) is 2.83. The minimum Gasteiger partial charge on any atom is -0.288 e. The molecule has 0 saturated heterocycles. The van der Waals surface area contributed by atoms with Gasteiger partial charge in [0.05, 0.1) is 15.1 Å². The Bertz CT molecular complexity index is 695. The number of rotatable bonds is 0. The molecule has 0 radical (unpaired) electrons. The molecule has 0 aromatic heterocycles. The Hall–Kier alpha value is -0.730. The normalized spacial score (nSPS) is 17.4. The summed E-state index contributed by atoms with van der Waals surface area (Å²) in [6, 6.07) is 3.45. The van der Waals surface area contributed by atoms with E-state index in [-0.39, 0.29) is 15.8 Å². The van der Waals surface area contributed by atoms with Crippen LogP contribution in [-0.2, 0) is 4.79 Å². The predicted molar refractivity (Wildman–Crippen MR) is 76.2 cm³/mol.